The van der Waals surface area contributed by atoms with Crippen LogP contribution >= 0.6 is 0 Å². The summed E-state index contributed by atoms with van der Waals surface area (Å²) in [5.74, 6) is -0.159. The van der Waals surface area contributed by atoms with Crippen LogP contribution < -0.4 is 0 Å². The molecular formula is C11H13N3O2. The Kier molecular flexibility index (Phi) is 2.38. The van der Waals surface area contributed by atoms with Gasteiger partial charge in [0, 0.05) is 18.3 Å². The zero-order valence-corrected chi connectivity index (χ0v) is 9.43. The number of aryl methyl sites for hydroxylation is 1. The van der Waals surface area contributed by atoms with Gasteiger partial charge in [-0.25, -0.2) is 14.8 Å². The number of hydrogen-bond acceptors (Lipinski definition) is 3. The number of carboxylic acids is 1. The molecule has 0 atom stereocenters. The summed E-state index contributed by atoms with van der Waals surface area (Å²) in [5, 5.41) is 9.03. The van der Waals surface area contributed by atoms with Crippen molar-refractivity contribution in [3.63, 3.8) is 0 Å². The van der Waals surface area contributed by atoms with Crippen molar-refractivity contribution in [2.45, 2.75) is 26.7 Å². The van der Waals surface area contributed by atoms with E-state index in [1.54, 1.807) is 10.6 Å². The third-order valence-electron chi connectivity index (χ3n) is 2.36. The van der Waals surface area contributed by atoms with Gasteiger partial charge in [0.1, 0.15) is 5.82 Å². The van der Waals surface area contributed by atoms with Gasteiger partial charge in [-0.05, 0) is 12.5 Å². The lowest BCUT2D eigenvalue weighted by Crippen LogP contribution is -1.99. The molecule has 0 spiro atoms. The molecule has 0 aliphatic carbocycles. The van der Waals surface area contributed by atoms with E-state index in [1.165, 1.54) is 0 Å². The predicted molar refractivity (Wildman–Crippen MR) is 58.8 cm³/mol. The second-order valence-electron chi connectivity index (χ2n) is 4.10. The highest BCUT2D eigenvalue weighted by molar-refractivity contribution is 5.92. The number of imidazole rings is 1. The zero-order chi connectivity index (χ0) is 11.9. The van der Waals surface area contributed by atoms with Crippen molar-refractivity contribution in [3.05, 3.63) is 29.5 Å². The summed E-state index contributed by atoms with van der Waals surface area (Å²) < 4.78 is 1.75. The Hall–Kier alpha value is -1.91. The van der Waals surface area contributed by atoms with E-state index >= 15 is 0 Å². The van der Waals surface area contributed by atoms with Gasteiger partial charge in [0.05, 0.1) is 0 Å². The van der Waals surface area contributed by atoms with Gasteiger partial charge >= 0.3 is 5.97 Å². The summed E-state index contributed by atoms with van der Waals surface area (Å²) in [7, 11) is 0. The van der Waals surface area contributed by atoms with Crippen molar-refractivity contribution in [3.8, 4) is 0 Å². The fourth-order valence-corrected chi connectivity index (χ4v) is 1.64. The van der Waals surface area contributed by atoms with Crippen LogP contribution in [0.15, 0.2) is 12.4 Å². The Morgan fingerprint density at radius 1 is 1.50 bits per heavy atom. The minimum atomic E-state index is -1.04. The number of aromatic nitrogens is 3. The SMILES string of the molecule is Cc1cnc2c(C(=O)O)nc(C(C)C)n2c1. The number of aromatic carboxylic acids is 1. The summed E-state index contributed by atoms with van der Waals surface area (Å²) in [4.78, 5) is 19.3. The van der Waals surface area contributed by atoms with Gasteiger partial charge in [-0.1, -0.05) is 13.8 Å². The molecule has 0 unspecified atom stereocenters. The first-order valence-corrected chi connectivity index (χ1v) is 5.08. The second kappa shape index (κ2) is 3.59. The Balaban J connectivity index is 2.81. The van der Waals surface area contributed by atoms with Crippen LogP contribution in [0.2, 0.25) is 0 Å². The number of fused-ring (bicyclic) bond motifs is 1. The predicted octanol–water partition coefficient (Wildman–Crippen LogP) is 1.86. The van der Waals surface area contributed by atoms with Crippen LogP contribution in [0.5, 0.6) is 0 Å². The van der Waals surface area contributed by atoms with Gasteiger partial charge in [-0.2, -0.15) is 0 Å². The monoisotopic (exact) mass is 219 g/mol. The molecule has 0 aliphatic rings. The number of nitrogens with zero attached hydrogens (tertiary/aromatic N) is 3. The van der Waals surface area contributed by atoms with Crippen LogP contribution in [0, 0.1) is 6.92 Å². The minimum Gasteiger partial charge on any atom is -0.476 e. The van der Waals surface area contributed by atoms with Crippen molar-refractivity contribution >= 4 is 11.6 Å². The molecule has 0 aromatic carbocycles. The van der Waals surface area contributed by atoms with Crippen LogP contribution in [0.3, 0.4) is 0 Å². The normalized spacial score (nSPS) is 11.2. The van der Waals surface area contributed by atoms with Crippen molar-refractivity contribution in [2.75, 3.05) is 0 Å². The first-order chi connectivity index (χ1) is 7.50. The topological polar surface area (TPSA) is 67.5 Å². The average molecular weight is 219 g/mol. The van der Waals surface area contributed by atoms with E-state index in [1.807, 2.05) is 27.0 Å². The largest absolute Gasteiger partial charge is 0.476 e. The average Bonchev–Trinajstić information content (AvgIpc) is 2.56. The summed E-state index contributed by atoms with van der Waals surface area (Å²) in [6.07, 6.45) is 3.50. The first-order valence-electron chi connectivity index (χ1n) is 5.08. The van der Waals surface area contributed by atoms with Crippen molar-refractivity contribution in [1.82, 2.24) is 14.4 Å². The Bertz CT molecular complexity index is 558. The lowest BCUT2D eigenvalue weighted by Gasteiger charge is -2.03. The number of carbonyl (C=O) groups is 1. The van der Waals surface area contributed by atoms with Gasteiger partial charge in [0.25, 0.3) is 0 Å². The molecule has 0 amide bonds. The molecule has 0 radical (unpaired) electrons. The van der Waals surface area contributed by atoms with E-state index in [0.29, 0.717) is 5.65 Å². The molecule has 0 aliphatic heterocycles. The first kappa shape index (κ1) is 10.6. The minimum absolute atomic E-state index is 0.0173. The highest BCUT2D eigenvalue weighted by atomic mass is 16.4. The van der Waals surface area contributed by atoms with Gasteiger partial charge in [-0.3, -0.25) is 4.40 Å². The van der Waals surface area contributed by atoms with E-state index in [-0.39, 0.29) is 11.6 Å². The third-order valence-corrected chi connectivity index (χ3v) is 2.36. The van der Waals surface area contributed by atoms with E-state index in [0.717, 1.165) is 11.4 Å². The molecular weight excluding hydrogens is 206 g/mol. The van der Waals surface area contributed by atoms with Crippen LogP contribution in [-0.2, 0) is 0 Å². The number of hydrogen-bond donors (Lipinski definition) is 1. The molecule has 16 heavy (non-hydrogen) atoms. The number of rotatable bonds is 2. The molecule has 0 fully saturated rings. The van der Waals surface area contributed by atoms with Crippen molar-refractivity contribution < 1.29 is 9.90 Å². The summed E-state index contributed by atoms with van der Waals surface area (Å²) >= 11 is 0. The Morgan fingerprint density at radius 3 is 2.75 bits per heavy atom. The summed E-state index contributed by atoms with van der Waals surface area (Å²) in [6.45, 7) is 5.86. The molecule has 0 saturated heterocycles. The van der Waals surface area contributed by atoms with Gasteiger partial charge in [-0.15, -0.1) is 0 Å². The lowest BCUT2D eigenvalue weighted by molar-refractivity contribution is 0.0693. The molecule has 5 heteroatoms. The lowest BCUT2D eigenvalue weighted by atomic mass is 10.2. The van der Waals surface area contributed by atoms with Crippen LogP contribution in [0.25, 0.3) is 5.65 Å². The van der Waals surface area contributed by atoms with Crippen LogP contribution in [0.1, 0.15) is 41.6 Å². The summed E-state index contributed by atoms with van der Waals surface area (Å²) in [6, 6.07) is 0. The zero-order valence-electron chi connectivity index (χ0n) is 9.43. The molecule has 2 rings (SSSR count). The van der Waals surface area contributed by atoms with Crippen molar-refractivity contribution in [2.24, 2.45) is 0 Å². The van der Waals surface area contributed by atoms with E-state index < -0.39 is 5.97 Å². The molecule has 0 bridgehead atoms. The molecule has 84 valence electrons. The molecule has 5 nitrogen and oxygen atoms in total. The standard InChI is InChI=1S/C11H13N3O2/c1-6(2)9-13-8(11(15)16)10-12-4-7(3)5-14(9)10/h4-6H,1-3H3,(H,15,16). The van der Waals surface area contributed by atoms with Gasteiger partial charge in [0.15, 0.2) is 11.3 Å². The molecule has 2 heterocycles. The Morgan fingerprint density at radius 2 is 2.19 bits per heavy atom. The van der Waals surface area contributed by atoms with E-state index in [9.17, 15) is 4.79 Å². The fraction of sp³-hybridized carbons (Fsp3) is 0.364. The van der Waals surface area contributed by atoms with E-state index in [2.05, 4.69) is 9.97 Å². The van der Waals surface area contributed by atoms with Crippen molar-refractivity contribution in [1.29, 1.82) is 0 Å². The number of carboxylic acid groups (broad SMARTS) is 1. The van der Waals surface area contributed by atoms with Gasteiger partial charge in [0.2, 0.25) is 0 Å². The molecule has 1 N–H and O–H groups in total. The maximum atomic E-state index is 11.0. The fourth-order valence-electron chi connectivity index (χ4n) is 1.64. The smallest absolute Gasteiger partial charge is 0.358 e. The quantitative estimate of drug-likeness (QED) is 0.837. The highest BCUT2D eigenvalue weighted by Gasteiger charge is 2.19. The molecule has 2 aromatic rings. The highest BCUT2D eigenvalue weighted by Crippen LogP contribution is 2.18. The van der Waals surface area contributed by atoms with Crippen LogP contribution in [0.4, 0.5) is 0 Å². The maximum absolute atomic E-state index is 11.0. The van der Waals surface area contributed by atoms with Gasteiger partial charge < -0.3 is 5.11 Å². The van der Waals surface area contributed by atoms with Crippen LogP contribution in [-0.4, -0.2) is 25.4 Å². The molecule has 0 saturated carbocycles. The van der Waals surface area contributed by atoms with E-state index in [4.69, 9.17) is 5.11 Å². The molecule has 2 aromatic heterocycles. The maximum Gasteiger partial charge on any atom is 0.358 e. The second-order valence-corrected chi connectivity index (χ2v) is 4.10. The Labute approximate surface area is 92.8 Å². The summed E-state index contributed by atoms with van der Waals surface area (Å²) in [5.41, 5.74) is 1.40. The third kappa shape index (κ3) is 1.54.